The van der Waals surface area contributed by atoms with Gasteiger partial charge in [0, 0.05) is 33.5 Å². The second kappa shape index (κ2) is 26.3. The van der Waals surface area contributed by atoms with E-state index in [0.717, 1.165) is 51.4 Å². The first-order valence-electron chi connectivity index (χ1n) is 13.9. The third-order valence-electron chi connectivity index (χ3n) is 6.00. The molecule has 0 aromatic rings. The molecule has 1 fully saturated rings. The topological polar surface area (TPSA) is 98.9 Å². The Labute approximate surface area is 230 Å². The predicted molar refractivity (Wildman–Crippen MR) is 154 cm³/mol. The Balaban J connectivity index is 0. The molecule has 0 saturated carbocycles. The van der Waals surface area contributed by atoms with Gasteiger partial charge < -0.3 is 24.9 Å². The molecule has 2 N–H and O–H groups in total. The first kappa shape index (κ1) is 37.8. The van der Waals surface area contributed by atoms with Crippen LogP contribution in [0.5, 0.6) is 0 Å². The molecule has 220 valence electrons. The number of amides is 1. The summed E-state index contributed by atoms with van der Waals surface area (Å²) >= 11 is 0. The second-order valence-electron chi connectivity index (χ2n) is 9.13. The van der Waals surface area contributed by atoms with Crippen LogP contribution >= 0.6 is 0 Å². The Morgan fingerprint density at radius 3 is 2.34 bits per heavy atom. The van der Waals surface area contributed by atoms with Gasteiger partial charge in [-0.05, 0) is 57.6 Å². The number of aldehydes is 1. The molecule has 7 nitrogen and oxygen atoms in total. The summed E-state index contributed by atoms with van der Waals surface area (Å²) in [6, 6.07) is 0. The van der Waals surface area contributed by atoms with Gasteiger partial charge in [-0.1, -0.05) is 63.5 Å². The molecule has 3 atom stereocenters. The van der Waals surface area contributed by atoms with E-state index in [1.807, 2.05) is 23.1 Å². The fourth-order valence-electron chi connectivity index (χ4n) is 3.68. The number of nitrogens with zero attached hydrogens (tertiary/aromatic N) is 1. The number of methoxy groups -OCH3 is 1. The number of nitrogens with two attached hydrogens (primary N) is 1. The predicted octanol–water partition coefficient (Wildman–Crippen LogP) is 5.73. The lowest BCUT2D eigenvalue weighted by Gasteiger charge is -2.22. The quantitative estimate of drug-likeness (QED) is 0.162. The molecule has 0 aromatic heterocycles. The zero-order valence-electron chi connectivity index (χ0n) is 24.6. The minimum Gasteiger partial charge on any atom is -0.458 e. The number of hydrogen-bond donors (Lipinski definition) is 1. The van der Waals surface area contributed by atoms with E-state index in [1.54, 1.807) is 0 Å². The molecule has 1 saturated heterocycles. The molecule has 1 amide bonds. The molecular weight excluding hydrogens is 487 g/mol. The molecule has 1 aliphatic rings. The van der Waals surface area contributed by atoms with Gasteiger partial charge in [0.2, 0.25) is 5.91 Å². The van der Waals surface area contributed by atoms with Gasteiger partial charge in [0.1, 0.15) is 25.2 Å². The molecule has 0 aliphatic carbocycles. The molecule has 38 heavy (non-hydrogen) atoms. The van der Waals surface area contributed by atoms with Crippen molar-refractivity contribution in [2.75, 3.05) is 33.9 Å². The molecule has 8 heteroatoms. The Morgan fingerprint density at radius 2 is 1.79 bits per heavy atom. The Hall–Kier alpha value is -2.32. The van der Waals surface area contributed by atoms with Crippen LogP contribution in [0.25, 0.3) is 0 Å². The third kappa shape index (κ3) is 20.7. The van der Waals surface area contributed by atoms with Crippen LogP contribution in [0.1, 0.15) is 85.5 Å². The molecular formula is C30H53FN2O5. The van der Waals surface area contributed by atoms with Crippen molar-refractivity contribution in [1.82, 2.24) is 4.90 Å². The van der Waals surface area contributed by atoms with Crippen LogP contribution in [-0.2, 0) is 23.9 Å². The third-order valence-corrected chi connectivity index (χ3v) is 6.00. The Kier molecular flexibility index (Phi) is 26.2. The summed E-state index contributed by atoms with van der Waals surface area (Å²) in [5.74, 6) is 0.408. The van der Waals surface area contributed by atoms with Gasteiger partial charge in [-0.25, -0.2) is 4.39 Å². The van der Waals surface area contributed by atoms with Gasteiger partial charge in [0.05, 0.1) is 0 Å². The maximum atomic E-state index is 12.0. The van der Waals surface area contributed by atoms with Crippen LogP contribution in [0.3, 0.4) is 0 Å². The summed E-state index contributed by atoms with van der Waals surface area (Å²) < 4.78 is 22.2. The van der Waals surface area contributed by atoms with Crippen molar-refractivity contribution >= 4 is 18.2 Å². The number of likely N-dealkylation sites (tertiary alicyclic amines) is 1. The lowest BCUT2D eigenvalue weighted by Crippen LogP contribution is -2.32. The summed E-state index contributed by atoms with van der Waals surface area (Å²) in [7, 11) is 2.99. The molecule has 1 rings (SSSR count). The number of allylic oxidation sites excluding steroid dienone is 4. The minimum atomic E-state index is -0.431. The molecule has 0 aromatic carbocycles. The summed E-state index contributed by atoms with van der Waals surface area (Å²) in [5.41, 5.74) is 5.72. The minimum absolute atomic E-state index is 0.268. The Morgan fingerprint density at radius 1 is 1.11 bits per heavy atom. The number of carbonyl (C=O) groups is 3. The van der Waals surface area contributed by atoms with E-state index in [9.17, 15) is 18.8 Å². The number of carbonyl (C=O) groups excluding carboxylic acids is 3. The molecule has 0 radical (unpaired) electrons. The van der Waals surface area contributed by atoms with Crippen molar-refractivity contribution in [3.8, 4) is 0 Å². The van der Waals surface area contributed by atoms with E-state index in [1.165, 1.54) is 32.7 Å². The zero-order chi connectivity index (χ0) is 29.2. The summed E-state index contributed by atoms with van der Waals surface area (Å²) in [4.78, 5) is 35.5. The summed E-state index contributed by atoms with van der Waals surface area (Å²) in [5, 5.41) is 0. The summed E-state index contributed by atoms with van der Waals surface area (Å²) in [6.07, 6.45) is 17.4. The number of esters is 1. The number of hydrogen-bond acceptors (Lipinski definition) is 6. The lowest BCUT2D eigenvalue weighted by molar-refractivity contribution is -0.144. The van der Waals surface area contributed by atoms with E-state index in [4.69, 9.17) is 9.47 Å². The fourth-order valence-corrected chi connectivity index (χ4v) is 3.68. The molecule has 1 heterocycles. The highest BCUT2D eigenvalue weighted by molar-refractivity contribution is 5.76. The van der Waals surface area contributed by atoms with E-state index >= 15 is 0 Å². The van der Waals surface area contributed by atoms with Crippen molar-refractivity contribution < 1.29 is 28.2 Å². The number of alkyl halides is 1. The zero-order valence-corrected chi connectivity index (χ0v) is 24.6. The van der Waals surface area contributed by atoms with Crippen LogP contribution in [-0.4, -0.2) is 69.2 Å². The van der Waals surface area contributed by atoms with Gasteiger partial charge in [0.15, 0.2) is 0 Å². The van der Waals surface area contributed by atoms with Crippen molar-refractivity contribution in [2.24, 2.45) is 11.7 Å². The van der Waals surface area contributed by atoms with Gasteiger partial charge in [0.25, 0.3) is 0 Å². The average Bonchev–Trinajstić information content (AvgIpc) is 3.12. The number of halogens is 1. The SMILES string of the molecule is CC/C=C(\C/C=C\CF)CN1CCCCCC1=O.CCC(C)/C=C/C(CCC(C=O)OC)OC(C)=O.CN. The van der Waals surface area contributed by atoms with Crippen LogP contribution in [0.4, 0.5) is 4.39 Å². The first-order chi connectivity index (χ1) is 18.3. The van der Waals surface area contributed by atoms with Crippen molar-refractivity contribution in [3.63, 3.8) is 0 Å². The van der Waals surface area contributed by atoms with Crippen LogP contribution in [0, 0.1) is 5.92 Å². The van der Waals surface area contributed by atoms with Crippen molar-refractivity contribution in [1.29, 1.82) is 0 Å². The smallest absolute Gasteiger partial charge is 0.303 e. The van der Waals surface area contributed by atoms with E-state index in [-0.39, 0.29) is 18.0 Å². The molecule has 1 aliphatic heterocycles. The van der Waals surface area contributed by atoms with Gasteiger partial charge in [-0.15, -0.1) is 0 Å². The fraction of sp³-hybridized carbons (Fsp3) is 0.700. The number of ether oxygens (including phenoxy) is 2. The number of rotatable bonds is 15. The highest BCUT2D eigenvalue weighted by atomic mass is 19.1. The maximum Gasteiger partial charge on any atom is 0.303 e. The highest BCUT2D eigenvalue weighted by Crippen LogP contribution is 2.15. The average molecular weight is 541 g/mol. The van der Waals surface area contributed by atoms with Gasteiger partial charge >= 0.3 is 5.97 Å². The van der Waals surface area contributed by atoms with E-state index in [2.05, 4.69) is 32.6 Å². The van der Waals surface area contributed by atoms with E-state index in [0.29, 0.717) is 31.7 Å². The first-order valence-corrected chi connectivity index (χ1v) is 13.9. The van der Waals surface area contributed by atoms with Crippen molar-refractivity contribution in [3.05, 3.63) is 36.0 Å². The second-order valence-corrected chi connectivity index (χ2v) is 9.13. The lowest BCUT2D eigenvalue weighted by atomic mass is 10.1. The largest absolute Gasteiger partial charge is 0.458 e. The standard InChI is InChI=1S/C15H24FNO.C14H24O4.CH5N/c1-2-8-14(9-5-6-11-16)13-17-12-7-3-4-10-15(17)18;1-5-11(2)6-7-13(18-12(3)16)8-9-14(10-15)17-4;1-2/h5-6,8H,2-4,7,9-13H2,1H3;6-7,10-11,13-14H,5,8-9H2,1-4H3;2H2,1H3/b6-5-,14-8+;7-6+;. The maximum absolute atomic E-state index is 12.0. The normalized spacial score (nSPS) is 16.6. The van der Waals surface area contributed by atoms with Gasteiger partial charge in [-0.2, -0.15) is 0 Å². The molecule has 0 spiro atoms. The van der Waals surface area contributed by atoms with E-state index < -0.39 is 12.8 Å². The Bertz CT molecular complexity index is 709. The molecule has 3 unspecified atom stereocenters. The highest BCUT2D eigenvalue weighted by Gasteiger charge is 2.17. The van der Waals surface area contributed by atoms with Crippen LogP contribution in [0.15, 0.2) is 36.0 Å². The van der Waals surface area contributed by atoms with Crippen LogP contribution < -0.4 is 5.73 Å². The summed E-state index contributed by atoms with van der Waals surface area (Å²) in [6.45, 7) is 8.84. The molecule has 0 bridgehead atoms. The van der Waals surface area contributed by atoms with Crippen LogP contribution in [0.2, 0.25) is 0 Å². The monoisotopic (exact) mass is 540 g/mol. The van der Waals surface area contributed by atoms with Gasteiger partial charge in [-0.3, -0.25) is 9.59 Å². The van der Waals surface area contributed by atoms with Crippen molar-refractivity contribution in [2.45, 2.75) is 97.7 Å².